The lowest BCUT2D eigenvalue weighted by atomic mass is 10.1. The van der Waals surface area contributed by atoms with Gasteiger partial charge < -0.3 is 16.0 Å². The van der Waals surface area contributed by atoms with Crippen LogP contribution < -0.4 is 16.0 Å². The van der Waals surface area contributed by atoms with Crippen molar-refractivity contribution in [3.8, 4) is 0 Å². The summed E-state index contributed by atoms with van der Waals surface area (Å²) in [5, 5.41) is 9.50. The van der Waals surface area contributed by atoms with Crippen LogP contribution in [-0.4, -0.2) is 68.1 Å². The lowest BCUT2D eigenvalue weighted by molar-refractivity contribution is -0.111. The molecular weight excluding hydrogens is 458 g/mol. The predicted molar refractivity (Wildman–Crippen MR) is 130 cm³/mol. The van der Waals surface area contributed by atoms with E-state index < -0.39 is 0 Å². The Bertz CT molecular complexity index is 930. The number of nitrogens with zero attached hydrogens (tertiary/aromatic N) is 4. The molecule has 0 radical (unpaired) electrons. The highest BCUT2D eigenvalue weighted by Crippen LogP contribution is 2.24. The van der Waals surface area contributed by atoms with E-state index in [9.17, 15) is 4.79 Å². The third kappa shape index (κ3) is 6.95. The van der Waals surface area contributed by atoms with Crippen molar-refractivity contribution in [1.29, 1.82) is 0 Å². The molecule has 1 aliphatic heterocycles. The van der Waals surface area contributed by atoms with E-state index in [2.05, 4.69) is 64.5 Å². The van der Waals surface area contributed by atoms with Crippen LogP contribution in [-0.2, 0) is 4.79 Å². The average molecular weight is 486 g/mol. The Labute approximate surface area is 191 Å². The summed E-state index contributed by atoms with van der Waals surface area (Å²) in [7, 11) is 1.71. The van der Waals surface area contributed by atoms with Crippen LogP contribution in [0.3, 0.4) is 0 Å². The zero-order chi connectivity index (χ0) is 22.1. The largest absolute Gasteiger partial charge is 0.343 e. The quantitative estimate of drug-likeness (QED) is 0.313. The first-order chi connectivity index (χ1) is 15.1. The van der Waals surface area contributed by atoms with Crippen molar-refractivity contribution >= 4 is 45.9 Å². The second kappa shape index (κ2) is 11.7. The molecule has 3 N–H and O–H groups in total. The number of allylic oxidation sites excluding steroid dienone is 4. The number of pyridine rings is 1. The highest BCUT2D eigenvalue weighted by Gasteiger charge is 2.14. The van der Waals surface area contributed by atoms with Gasteiger partial charge in [-0.15, -0.1) is 0 Å². The first-order valence-electron chi connectivity index (χ1n) is 10.3. The Morgan fingerprint density at radius 1 is 1.39 bits per heavy atom. The van der Waals surface area contributed by atoms with E-state index in [4.69, 9.17) is 0 Å². The summed E-state index contributed by atoms with van der Waals surface area (Å²) in [6.45, 7) is 8.32. The Morgan fingerprint density at radius 3 is 2.90 bits per heavy atom. The number of hydrogen-bond acceptors (Lipinski definition) is 6. The molecule has 8 nitrogen and oxygen atoms in total. The molecule has 0 aromatic carbocycles. The molecule has 1 aromatic rings. The summed E-state index contributed by atoms with van der Waals surface area (Å²) in [5.41, 5.74) is 2.36. The number of amidine groups is 1. The summed E-state index contributed by atoms with van der Waals surface area (Å²) >= 11 is 3.52. The number of nitrogens with one attached hydrogen (secondary N) is 3. The molecule has 0 unspecified atom stereocenters. The zero-order valence-electron chi connectivity index (χ0n) is 17.7. The van der Waals surface area contributed by atoms with E-state index >= 15 is 0 Å². The molecule has 0 saturated carbocycles. The number of rotatable bonds is 7. The molecule has 0 bridgehead atoms. The fourth-order valence-electron chi connectivity index (χ4n) is 3.36. The van der Waals surface area contributed by atoms with E-state index in [-0.39, 0.29) is 5.91 Å². The van der Waals surface area contributed by atoms with Gasteiger partial charge in [0.1, 0.15) is 11.7 Å². The van der Waals surface area contributed by atoms with Gasteiger partial charge in [0.2, 0.25) is 5.91 Å². The van der Waals surface area contributed by atoms with E-state index in [1.807, 2.05) is 12.2 Å². The predicted octanol–water partition coefficient (Wildman–Crippen LogP) is 2.74. The molecule has 164 valence electrons. The van der Waals surface area contributed by atoms with Crippen molar-refractivity contribution in [2.24, 2.45) is 9.98 Å². The summed E-state index contributed by atoms with van der Waals surface area (Å²) in [6, 6.07) is 1.76. The van der Waals surface area contributed by atoms with Crippen LogP contribution in [0.1, 0.15) is 18.4 Å². The number of carbonyl (C=O) groups is 1. The number of hydrogen-bond donors (Lipinski definition) is 3. The fourth-order valence-corrected chi connectivity index (χ4v) is 3.87. The van der Waals surface area contributed by atoms with Gasteiger partial charge in [-0.25, -0.2) is 4.98 Å². The molecule has 31 heavy (non-hydrogen) atoms. The molecule has 1 aliphatic carbocycles. The smallest absolute Gasteiger partial charge is 0.249 e. The minimum absolute atomic E-state index is 0.222. The molecule has 0 atom stereocenters. The van der Waals surface area contributed by atoms with Crippen LogP contribution in [0, 0.1) is 0 Å². The van der Waals surface area contributed by atoms with Gasteiger partial charge in [-0.2, -0.15) is 0 Å². The van der Waals surface area contributed by atoms with E-state index in [0.29, 0.717) is 17.3 Å². The molecule has 2 aliphatic rings. The summed E-state index contributed by atoms with van der Waals surface area (Å²) < 4.78 is 1.04. The Morgan fingerprint density at radius 2 is 2.19 bits per heavy atom. The normalized spacial score (nSPS) is 17.8. The van der Waals surface area contributed by atoms with Gasteiger partial charge in [-0.3, -0.25) is 19.7 Å². The van der Waals surface area contributed by atoms with Crippen molar-refractivity contribution in [2.75, 3.05) is 45.1 Å². The van der Waals surface area contributed by atoms with Crippen LogP contribution in [0.15, 0.2) is 56.7 Å². The second-order valence-electron chi connectivity index (χ2n) is 7.18. The van der Waals surface area contributed by atoms with Gasteiger partial charge in [-0.1, -0.05) is 28.1 Å². The molecule has 3 rings (SSSR count). The number of halogens is 1. The molecule has 1 aromatic heterocycles. The zero-order valence-corrected chi connectivity index (χ0v) is 19.3. The molecule has 1 saturated heterocycles. The van der Waals surface area contributed by atoms with E-state index in [0.717, 1.165) is 61.3 Å². The summed E-state index contributed by atoms with van der Waals surface area (Å²) in [5.74, 6) is 0.851. The van der Waals surface area contributed by atoms with E-state index in [1.54, 1.807) is 25.4 Å². The standard InChI is InChI=1S/C22H28BrN7O/c1-24-19-15-27-20(29-21(31)7-4-10-30-11-8-26-9-12-30)14-18(19)22(25-2)28-17-6-3-5-16(23)13-17/h4-5,7,13-15,26H,1,3,6,8-12H2,2H3,(H,25,28)(H,27,29,31)/b7-4+. The molecule has 0 spiro atoms. The number of aromatic nitrogens is 1. The van der Waals surface area contributed by atoms with Gasteiger partial charge in [0.15, 0.2) is 0 Å². The minimum atomic E-state index is -0.222. The molecule has 9 heteroatoms. The first kappa shape index (κ1) is 23.1. The molecule has 2 heterocycles. The minimum Gasteiger partial charge on any atom is -0.343 e. The third-order valence-corrected chi connectivity index (χ3v) is 5.52. The van der Waals surface area contributed by atoms with Crippen molar-refractivity contribution in [3.05, 3.63) is 52.3 Å². The lowest BCUT2D eigenvalue weighted by Gasteiger charge is -2.25. The SMILES string of the molecule is C=Nc1cnc(NC(=O)/C=C/CN2CCNCC2)cc1C(=NC)NC1=CC(Br)=CCC1. The first-order valence-corrected chi connectivity index (χ1v) is 11.1. The maximum absolute atomic E-state index is 12.3. The number of anilines is 1. The lowest BCUT2D eigenvalue weighted by Crippen LogP contribution is -2.43. The number of amides is 1. The average Bonchev–Trinajstić information content (AvgIpc) is 2.78. The summed E-state index contributed by atoms with van der Waals surface area (Å²) in [4.78, 5) is 27.4. The van der Waals surface area contributed by atoms with Crippen molar-refractivity contribution in [2.45, 2.75) is 12.8 Å². The van der Waals surface area contributed by atoms with Gasteiger partial charge >= 0.3 is 0 Å². The molecule has 1 amide bonds. The topological polar surface area (TPSA) is 94.0 Å². The second-order valence-corrected chi connectivity index (χ2v) is 8.10. The molecular formula is C22H28BrN7O. The molecule has 1 fully saturated rings. The van der Waals surface area contributed by atoms with Crippen LogP contribution >= 0.6 is 15.9 Å². The number of carbonyl (C=O) groups excluding carboxylic acids is 1. The van der Waals surface area contributed by atoms with Crippen molar-refractivity contribution in [3.63, 3.8) is 0 Å². The highest BCUT2D eigenvalue weighted by atomic mass is 79.9. The van der Waals surface area contributed by atoms with Gasteiger partial charge in [0.25, 0.3) is 0 Å². The van der Waals surface area contributed by atoms with Gasteiger partial charge in [0.05, 0.1) is 11.9 Å². The maximum atomic E-state index is 12.3. The van der Waals surface area contributed by atoms with Gasteiger partial charge in [0, 0.05) is 61.6 Å². The third-order valence-electron chi connectivity index (χ3n) is 4.97. The Balaban J connectivity index is 1.68. The van der Waals surface area contributed by atoms with Crippen LogP contribution in [0.2, 0.25) is 0 Å². The van der Waals surface area contributed by atoms with Crippen molar-refractivity contribution in [1.82, 2.24) is 20.5 Å². The van der Waals surface area contributed by atoms with Crippen LogP contribution in [0.4, 0.5) is 11.5 Å². The number of piperazine rings is 1. The van der Waals surface area contributed by atoms with E-state index in [1.165, 1.54) is 0 Å². The van der Waals surface area contributed by atoms with Gasteiger partial charge in [-0.05, 0) is 31.7 Å². The van der Waals surface area contributed by atoms with Crippen LogP contribution in [0.5, 0.6) is 0 Å². The highest BCUT2D eigenvalue weighted by molar-refractivity contribution is 9.11. The summed E-state index contributed by atoms with van der Waals surface area (Å²) in [6.07, 6.45) is 11.0. The maximum Gasteiger partial charge on any atom is 0.249 e. The number of aliphatic imine (C=N–C) groups is 2. The fraction of sp³-hybridized carbons (Fsp3) is 0.364. The Hall–Kier alpha value is -2.62. The van der Waals surface area contributed by atoms with Crippen LogP contribution in [0.25, 0.3) is 0 Å². The van der Waals surface area contributed by atoms with Crippen molar-refractivity contribution < 1.29 is 4.79 Å². The monoisotopic (exact) mass is 485 g/mol. The Kier molecular flexibility index (Phi) is 8.69.